The van der Waals surface area contributed by atoms with Gasteiger partial charge in [-0.1, -0.05) is 22.9 Å². The van der Waals surface area contributed by atoms with Crippen molar-refractivity contribution in [1.82, 2.24) is 9.97 Å². The Morgan fingerprint density at radius 1 is 1.27 bits per heavy atom. The van der Waals surface area contributed by atoms with Crippen molar-refractivity contribution in [3.8, 4) is 0 Å². The van der Waals surface area contributed by atoms with Crippen LogP contribution in [-0.2, 0) is 4.79 Å². The molecule has 26 heavy (non-hydrogen) atoms. The highest BCUT2D eigenvalue weighted by Crippen LogP contribution is 2.32. The van der Waals surface area contributed by atoms with Gasteiger partial charge in [0.15, 0.2) is 5.13 Å². The lowest BCUT2D eigenvalue weighted by Crippen LogP contribution is -2.38. The van der Waals surface area contributed by atoms with Crippen molar-refractivity contribution in [1.29, 1.82) is 0 Å². The molecule has 1 aliphatic heterocycles. The molecule has 0 saturated carbocycles. The molecule has 0 spiro atoms. The lowest BCUT2D eigenvalue weighted by atomic mass is 9.96. The van der Waals surface area contributed by atoms with Crippen molar-refractivity contribution < 1.29 is 9.18 Å². The Morgan fingerprint density at radius 3 is 2.81 bits per heavy atom. The molecule has 0 radical (unpaired) electrons. The summed E-state index contributed by atoms with van der Waals surface area (Å²) in [5.41, 5.74) is 1.46. The summed E-state index contributed by atoms with van der Waals surface area (Å²) in [6.45, 7) is 1.50. The van der Waals surface area contributed by atoms with E-state index in [9.17, 15) is 9.18 Å². The third-order valence-electron chi connectivity index (χ3n) is 4.47. The minimum Gasteiger partial charge on any atom is -0.348 e. The zero-order valence-corrected chi connectivity index (χ0v) is 15.4. The van der Waals surface area contributed by atoms with Crippen molar-refractivity contribution in [3.63, 3.8) is 0 Å². The lowest BCUT2D eigenvalue weighted by molar-refractivity contribution is -0.120. The van der Waals surface area contributed by atoms with Gasteiger partial charge in [0.2, 0.25) is 5.91 Å². The number of carbonyl (C=O) groups excluding carboxylic acids is 1. The highest BCUT2D eigenvalue weighted by Gasteiger charge is 2.26. The minimum absolute atomic E-state index is 0.000133. The van der Waals surface area contributed by atoms with Crippen molar-refractivity contribution in [2.24, 2.45) is 5.92 Å². The Kier molecular flexibility index (Phi) is 4.74. The van der Waals surface area contributed by atoms with Gasteiger partial charge in [0.25, 0.3) is 0 Å². The van der Waals surface area contributed by atoms with Gasteiger partial charge in [-0.25, -0.2) is 14.4 Å². The number of piperidine rings is 1. The van der Waals surface area contributed by atoms with Crippen LogP contribution in [0.2, 0.25) is 5.15 Å². The molecular weight excluding hydrogens is 375 g/mol. The Balaban J connectivity index is 1.38. The molecule has 3 aromatic rings. The fourth-order valence-electron chi connectivity index (χ4n) is 3.05. The van der Waals surface area contributed by atoms with Crippen LogP contribution in [0.25, 0.3) is 10.2 Å². The summed E-state index contributed by atoms with van der Waals surface area (Å²) in [6.07, 6.45) is 3.05. The fourth-order valence-corrected chi connectivity index (χ4v) is 4.20. The SMILES string of the molecule is O=C(Nc1ccc(Cl)nc1)C1CCN(c2nc3ccc(F)cc3s2)CC1. The first kappa shape index (κ1) is 17.2. The maximum absolute atomic E-state index is 13.3. The van der Waals surface area contributed by atoms with E-state index in [1.165, 1.54) is 23.5 Å². The van der Waals surface area contributed by atoms with Gasteiger partial charge in [0, 0.05) is 19.0 Å². The molecule has 1 saturated heterocycles. The first-order valence-electron chi connectivity index (χ1n) is 8.32. The number of carbonyl (C=O) groups is 1. The highest BCUT2D eigenvalue weighted by molar-refractivity contribution is 7.22. The maximum Gasteiger partial charge on any atom is 0.227 e. The molecule has 0 bridgehead atoms. The smallest absolute Gasteiger partial charge is 0.227 e. The van der Waals surface area contributed by atoms with Crippen LogP contribution in [0.5, 0.6) is 0 Å². The van der Waals surface area contributed by atoms with Gasteiger partial charge in [-0.05, 0) is 43.2 Å². The van der Waals surface area contributed by atoms with E-state index in [1.54, 1.807) is 24.4 Å². The second kappa shape index (κ2) is 7.17. The van der Waals surface area contributed by atoms with Crippen molar-refractivity contribution in [2.75, 3.05) is 23.3 Å². The van der Waals surface area contributed by atoms with Crippen LogP contribution in [0, 0.1) is 11.7 Å². The molecule has 1 N–H and O–H groups in total. The standard InChI is InChI=1S/C18H16ClFN4OS/c19-16-4-2-13(10-21-16)22-17(25)11-5-7-24(8-6-11)18-23-14-3-1-12(20)9-15(14)26-18/h1-4,9-11H,5-8H2,(H,22,25). The van der Waals surface area contributed by atoms with Crippen LogP contribution in [0.3, 0.4) is 0 Å². The number of anilines is 2. The summed E-state index contributed by atoms with van der Waals surface area (Å²) in [6, 6.07) is 8.02. The van der Waals surface area contributed by atoms with Gasteiger partial charge in [-0.3, -0.25) is 4.79 Å². The third kappa shape index (κ3) is 3.64. The highest BCUT2D eigenvalue weighted by atomic mass is 35.5. The second-order valence-corrected chi connectivity index (χ2v) is 7.63. The number of nitrogens with one attached hydrogen (secondary N) is 1. The third-order valence-corrected chi connectivity index (χ3v) is 5.77. The average Bonchev–Trinajstić information content (AvgIpc) is 3.07. The van der Waals surface area contributed by atoms with E-state index in [0.29, 0.717) is 10.8 Å². The first-order valence-corrected chi connectivity index (χ1v) is 9.51. The van der Waals surface area contributed by atoms with E-state index >= 15 is 0 Å². The zero-order valence-electron chi connectivity index (χ0n) is 13.8. The van der Waals surface area contributed by atoms with Crippen LogP contribution >= 0.6 is 22.9 Å². The molecule has 1 aliphatic rings. The Bertz CT molecular complexity index is 938. The fraction of sp³-hybridized carbons (Fsp3) is 0.278. The van der Waals surface area contributed by atoms with E-state index in [1.807, 2.05) is 0 Å². The number of hydrogen-bond acceptors (Lipinski definition) is 5. The molecule has 0 unspecified atom stereocenters. The Hall–Kier alpha value is -2.25. The lowest BCUT2D eigenvalue weighted by Gasteiger charge is -2.31. The molecular formula is C18H16ClFN4OS. The molecule has 1 fully saturated rings. The molecule has 1 aromatic carbocycles. The number of halogens is 2. The number of benzene rings is 1. The van der Waals surface area contributed by atoms with Gasteiger partial charge < -0.3 is 10.2 Å². The van der Waals surface area contributed by atoms with Crippen molar-refractivity contribution >= 4 is 49.9 Å². The van der Waals surface area contributed by atoms with E-state index < -0.39 is 0 Å². The quantitative estimate of drug-likeness (QED) is 0.676. The molecule has 2 aromatic heterocycles. The predicted molar refractivity (Wildman–Crippen MR) is 102 cm³/mol. The van der Waals surface area contributed by atoms with Gasteiger partial charge in [-0.2, -0.15) is 0 Å². The van der Waals surface area contributed by atoms with Crippen LogP contribution in [0.4, 0.5) is 15.2 Å². The summed E-state index contributed by atoms with van der Waals surface area (Å²) >= 11 is 7.24. The Labute approximate surface area is 158 Å². The number of pyridine rings is 1. The molecule has 5 nitrogen and oxygen atoms in total. The maximum atomic E-state index is 13.3. The largest absolute Gasteiger partial charge is 0.348 e. The zero-order chi connectivity index (χ0) is 18.1. The summed E-state index contributed by atoms with van der Waals surface area (Å²) < 4.78 is 14.2. The molecule has 134 valence electrons. The monoisotopic (exact) mass is 390 g/mol. The molecule has 0 aliphatic carbocycles. The summed E-state index contributed by atoms with van der Waals surface area (Å²) in [7, 11) is 0. The van der Waals surface area contributed by atoms with Gasteiger partial charge in [0.1, 0.15) is 11.0 Å². The number of nitrogens with zero attached hydrogens (tertiary/aromatic N) is 3. The predicted octanol–water partition coefficient (Wildman–Crippen LogP) is 4.34. The molecule has 4 rings (SSSR count). The number of fused-ring (bicyclic) bond motifs is 1. The minimum atomic E-state index is -0.250. The molecule has 0 atom stereocenters. The number of thiazole rings is 1. The van der Waals surface area contributed by atoms with Crippen molar-refractivity contribution in [2.45, 2.75) is 12.8 Å². The van der Waals surface area contributed by atoms with Crippen LogP contribution in [0.15, 0.2) is 36.5 Å². The van der Waals surface area contributed by atoms with Gasteiger partial charge in [-0.15, -0.1) is 0 Å². The number of rotatable bonds is 3. The van der Waals surface area contributed by atoms with Gasteiger partial charge in [0.05, 0.1) is 22.1 Å². The van der Waals surface area contributed by atoms with E-state index in [2.05, 4.69) is 20.2 Å². The number of hydrogen-bond donors (Lipinski definition) is 1. The molecule has 3 heterocycles. The second-order valence-electron chi connectivity index (χ2n) is 6.23. The summed E-state index contributed by atoms with van der Waals surface area (Å²) in [5, 5.41) is 4.16. The van der Waals surface area contributed by atoms with Gasteiger partial charge >= 0.3 is 0 Å². The van der Waals surface area contributed by atoms with Crippen molar-refractivity contribution in [3.05, 3.63) is 47.5 Å². The van der Waals surface area contributed by atoms with E-state index in [-0.39, 0.29) is 17.6 Å². The summed E-state index contributed by atoms with van der Waals surface area (Å²) in [5.74, 6) is -0.298. The normalized spacial score (nSPS) is 15.4. The first-order chi connectivity index (χ1) is 12.6. The van der Waals surface area contributed by atoms with Crippen LogP contribution < -0.4 is 10.2 Å². The van der Waals surface area contributed by atoms with Crippen LogP contribution in [0.1, 0.15) is 12.8 Å². The molecule has 1 amide bonds. The van der Waals surface area contributed by atoms with E-state index in [0.717, 1.165) is 41.3 Å². The van der Waals surface area contributed by atoms with E-state index in [4.69, 9.17) is 11.6 Å². The topological polar surface area (TPSA) is 58.1 Å². The number of aromatic nitrogens is 2. The van der Waals surface area contributed by atoms with Crippen LogP contribution in [-0.4, -0.2) is 29.0 Å². The summed E-state index contributed by atoms with van der Waals surface area (Å²) in [4.78, 5) is 23.1. The number of amides is 1. The molecule has 8 heteroatoms. The average molecular weight is 391 g/mol. The Morgan fingerprint density at radius 2 is 2.08 bits per heavy atom.